The minimum atomic E-state index is 0.425. The number of benzene rings is 1. The van der Waals surface area contributed by atoms with Gasteiger partial charge in [0.2, 0.25) is 0 Å². The number of hydrogen-bond donors (Lipinski definition) is 1. The van der Waals surface area contributed by atoms with Gasteiger partial charge in [0.05, 0.1) is 7.11 Å². The first-order valence-electron chi connectivity index (χ1n) is 7.63. The van der Waals surface area contributed by atoms with Crippen LogP contribution in [0.25, 0.3) is 0 Å². The first kappa shape index (κ1) is 14.4. The Balaban J connectivity index is 1.85. The summed E-state index contributed by atoms with van der Waals surface area (Å²) in [6.45, 7) is 4.58. The van der Waals surface area contributed by atoms with Gasteiger partial charge in [0, 0.05) is 12.1 Å². The molecule has 1 aliphatic rings. The Morgan fingerprint density at radius 1 is 1.16 bits per heavy atom. The van der Waals surface area contributed by atoms with E-state index in [1.807, 2.05) is 12.1 Å². The molecular weight excluding hydrogens is 234 g/mol. The molecule has 1 aromatic rings. The zero-order valence-electron chi connectivity index (χ0n) is 12.5. The zero-order chi connectivity index (χ0) is 13.7. The van der Waals surface area contributed by atoms with Gasteiger partial charge in [0.1, 0.15) is 5.75 Å². The van der Waals surface area contributed by atoms with Crippen LogP contribution in [0, 0.1) is 5.92 Å². The van der Waals surface area contributed by atoms with Crippen molar-refractivity contribution in [2.24, 2.45) is 5.92 Å². The zero-order valence-corrected chi connectivity index (χ0v) is 12.5. The van der Waals surface area contributed by atoms with E-state index in [0.717, 1.165) is 11.7 Å². The fourth-order valence-electron chi connectivity index (χ4n) is 3.08. The molecule has 2 heteroatoms. The molecule has 0 saturated heterocycles. The van der Waals surface area contributed by atoms with Crippen molar-refractivity contribution in [2.75, 3.05) is 7.11 Å². The van der Waals surface area contributed by atoms with Crippen LogP contribution in [-0.2, 0) is 0 Å². The van der Waals surface area contributed by atoms with E-state index >= 15 is 0 Å². The smallest absolute Gasteiger partial charge is 0.118 e. The number of methoxy groups -OCH3 is 1. The van der Waals surface area contributed by atoms with Crippen LogP contribution in [0.2, 0.25) is 0 Å². The van der Waals surface area contributed by atoms with Crippen molar-refractivity contribution in [3.8, 4) is 5.75 Å². The molecule has 2 rings (SSSR count). The van der Waals surface area contributed by atoms with Crippen molar-refractivity contribution in [1.29, 1.82) is 0 Å². The first-order chi connectivity index (χ1) is 9.22. The van der Waals surface area contributed by atoms with Crippen molar-refractivity contribution in [3.05, 3.63) is 29.8 Å². The van der Waals surface area contributed by atoms with Gasteiger partial charge in [-0.1, -0.05) is 25.5 Å². The van der Waals surface area contributed by atoms with Gasteiger partial charge in [-0.15, -0.1) is 0 Å². The molecule has 106 valence electrons. The van der Waals surface area contributed by atoms with Gasteiger partial charge in [-0.25, -0.2) is 0 Å². The van der Waals surface area contributed by atoms with Crippen LogP contribution in [0.4, 0.5) is 0 Å². The molecule has 0 spiro atoms. The lowest BCUT2D eigenvalue weighted by molar-refractivity contribution is 0.273. The van der Waals surface area contributed by atoms with Crippen LogP contribution in [-0.4, -0.2) is 13.2 Å². The highest BCUT2D eigenvalue weighted by molar-refractivity contribution is 5.28. The summed E-state index contributed by atoms with van der Waals surface area (Å²) < 4.78 is 5.20. The molecule has 0 aromatic heterocycles. The predicted molar refractivity (Wildman–Crippen MR) is 80.6 cm³/mol. The quantitative estimate of drug-likeness (QED) is 0.852. The molecule has 1 atom stereocenters. The van der Waals surface area contributed by atoms with E-state index in [1.165, 1.54) is 37.7 Å². The van der Waals surface area contributed by atoms with Gasteiger partial charge >= 0.3 is 0 Å². The lowest BCUT2D eigenvalue weighted by Crippen LogP contribution is -2.34. The van der Waals surface area contributed by atoms with Gasteiger partial charge in [-0.05, 0) is 56.2 Å². The maximum atomic E-state index is 5.20. The van der Waals surface area contributed by atoms with E-state index in [0.29, 0.717) is 12.1 Å². The van der Waals surface area contributed by atoms with Crippen molar-refractivity contribution in [2.45, 2.75) is 58.0 Å². The molecule has 0 aliphatic heterocycles. The van der Waals surface area contributed by atoms with Gasteiger partial charge in [-0.2, -0.15) is 0 Å². The summed E-state index contributed by atoms with van der Waals surface area (Å²) in [7, 11) is 1.71. The van der Waals surface area contributed by atoms with E-state index in [1.54, 1.807) is 7.11 Å². The summed E-state index contributed by atoms with van der Waals surface area (Å²) in [6.07, 6.45) is 6.80. The lowest BCUT2D eigenvalue weighted by atomic mass is 9.84. The molecule has 19 heavy (non-hydrogen) atoms. The summed E-state index contributed by atoms with van der Waals surface area (Å²) in [5.41, 5.74) is 1.35. The SMILES string of the molecule is CCC1CCC(N[C@H](C)c2ccc(OC)cc2)CC1. The second-order valence-electron chi connectivity index (χ2n) is 5.79. The molecule has 0 heterocycles. The van der Waals surface area contributed by atoms with Crippen LogP contribution < -0.4 is 10.1 Å². The molecule has 1 N–H and O–H groups in total. The van der Waals surface area contributed by atoms with Crippen molar-refractivity contribution in [3.63, 3.8) is 0 Å². The second-order valence-corrected chi connectivity index (χ2v) is 5.79. The summed E-state index contributed by atoms with van der Waals surface area (Å²) in [5, 5.41) is 3.78. The maximum absolute atomic E-state index is 5.20. The molecule has 0 bridgehead atoms. The highest BCUT2D eigenvalue weighted by atomic mass is 16.5. The van der Waals surface area contributed by atoms with Gasteiger partial charge in [-0.3, -0.25) is 0 Å². The highest BCUT2D eigenvalue weighted by Gasteiger charge is 2.21. The second kappa shape index (κ2) is 6.95. The Kier molecular flexibility index (Phi) is 5.26. The van der Waals surface area contributed by atoms with E-state index in [4.69, 9.17) is 4.74 Å². The normalized spacial score (nSPS) is 25.0. The van der Waals surface area contributed by atoms with Crippen molar-refractivity contribution < 1.29 is 4.74 Å². The Morgan fingerprint density at radius 2 is 1.79 bits per heavy atom. The summed E-state index contributed by atoms with van der Waals surface area (Å²) in [6, 6.07) is 9.53. The van der Waals surface area contributed by atoms with Crippen LogP contribution in [0.1, 0.15) is 57.6 Å². The monoisotopic (exact) mass is 261 g/mol. The fraction of sp³-hybridized carbons (Fsp3) is 0.647. The van der Waals surface area contributed by atoms with Crippen LogP contribution in [0.15, 0.2) is 24.3 Å². The highest BCUT2D eigenvalue weighted by Crippen LogP contribution is 2.28. The van der Waals surface area contributed by atoms with E-state index in [9.17, 15) is 0 Å². The van der Waals surface area contributed by atoms with Crippen LogP contribution in [0.5, 0.6) is 5.75 Å². The van der Waals surface area contributed by atoms with Crippen LogP contribution >= 0.6 is 0 Å². The molecule has 0 unspecified atom stereocenters. The molecule has 1 saturated carbocycles. The van der Waals surface area contributed by atoms with Crippen molar-refractivity contribution >= 4 is 0 Å². The van der Waals surface area contributed by atoms with E-state index in [2.05, 4.69) is 31.3 Å². The fourth-order valence-corrected chi connectivity index (χ4v) is 3.08. The standard InChI is InChI=1S/C17H27NO/c1-4-14-5-9-16(10-6-14)18-13(2)15-7-11-17(19-3)12-8-15/h7-8,11-14,16,18H,4-6,9-10H2,1-3H3/t13-,14?,16?/m1/s1. The molecule has 1 fully saturated rings. The maximum Gasteiger partial charge on any atom is 0.118 e. The summed E-state index contributed by atoms with van der Waals surface area (Å²) in [4.78, 5) is 0. The number of rotatable bonds is 5. The topological polar surface area (TPSA) is 21.3 Å². The average Bonchev–Trinajstić information content (AvgIpc) is 2.48. The molecule has 2 nitrogen and oxygen atoms in total. The Hall–Kier alpha value is -1.02. The summed E-state index contributed by atoms with van der Waals surface area (Å²) in [5.74, 6) is 1.90. The number of ether oxygens (including phenoxy) is 1. The first-order valence-corrected chi connectivity index (χ1v) is 7.63. The average molecular weight is 261 g/mol. The predicted octanol–water partition coefficient (Wildman–Crippen LogP) is 4.31. The van der Waals surface area contributed by atoms with Gasteiger partial charge < -0.3 is 10.1 Å². The summed E-state index contributed by atoms with van der Waals surface area (Å²) >= 11 is 0. The van der Waals surface area contributed by atoms with Crippen LogP contribution in [0.3, 0.4) is 0 Å². The molecular formula is C17H27NO. The minimum absolute atomic E-state index is 0.425. The Labute approximate surface area is 117 Å². The van der Waals surface area contributed by atoms with E-state index < -0.39 is 0 Å². The molecule has 0 amide bonds. The third-order valence-electron chi connectivity index (χ3n) is 4.53. The number of nitrogens with one attached hydrogen (secondary N) is 1. The van der Waals surface area contributed by atoms with Gasteiger partial charge in [0.25, 0.3) is 0 Å². The third kappa shape index (κ3) is 3.97. The van der Waals surface area contributed by atoms with Crippen molar-refractivity contribution in [1.82, 2.24) is 5.32 Å². The minimum Gasteiger partial charge on any atom is -0.497 e. The molecule has 1 aromatic carbocycles. The molecule has 1 aliphatic carbocycles. The molecule has 0 radical (unpaired) electrons. The number of hydrogen-bond acceptors (Lipinski definition) is 2. The van der Waals surface area contributed by atoms with Gasteiger partial charge in [0.15, 0.2) is 0 Å². The Morgan fingerprint density at radius 3 is 2.32 bits per heavy atom. The van der Waals surface area contributed by atoms with E-state index in [-0.39, 0.29) is 0 Å². The largest absolute Gasteiger partial charge is 0.497 e. The Bertz CT molecular complexity index is 365. The third-order valence-corrected chi connectivity index (χ3v) is 4.53. The lowest BCUT2D eigenvalue weighted by Gasteiger charge is -2.31.